The van der Waals surface area contributed by atoms with Crippen molar-refractivity contribution < 1.29 is 29.1 Å². The maximum absolute atomic E-state index is 13.1. The van der Waals surface area contributed by atoms with Crippen LogP contribution in [0.15, 0.2) is 84.9 Å². The summed E-state index contributed by atoms with van der Waals surface area (Å²) < 4.78 is 0. The van der Waals surface area contributed by atoms with Gasteiger partial charge in [0.2, 0.25) is 23.6 Å². The molecule has 9 heteroatoms. The summed E-state index contributed by atoms with van der Waals surface area (Å²) in [4.78, 5) is 66.0. The molecule has 0 aromatic heterocycles. The molecule has 2 fully saturated rings. The number of anilines is 1. The van der Waals surface area contributed by atoms with Crippen LogP contribution in [0.5, 0.6) is 0 Å². The van der Waals surface area contributed by atoms with Crippen LogP contribution in [0.25, 0.3) is 0 Å². The zero-order valence-electron chi connectivity index (χ0n) is 21.7. The van der Waals surface area contributed by atoms with E-state index in [1.165, 1.54) is 4.90 Å². The molecule has 2 saturated heterocycles. The van der Waals surface area contributed by atoms with Crippen LogP contribution < -0.4 is 10.2 Å². The van der Waals surface area contributed by atoms with E-state index in [1.54, 1.807) is 24.3 Å². The number of carbonyl (C=O) groups is 5. The molecule has 5 rings (SSSR count). The van der Waals surface area contributed by atoms with E-state index in [0.29, 0.717) is 17.7 Å². The number of hydrogen-bond acceptors (Lipinski definition) is 5. The first-order valence-corrected chi connectivity index (χ1v) is 13.2. The van der Waals surface area contributed by atoms with Crippen LogP contribution in [0.2, 0.25) is 0 Å². The lowest BCUT2D eigenvalue weighted by Crippen LogP contribution is -2.50. The van der Waals surface area contributed by atoms with E-state index >= 15 is 0 Å². The van der Waals surface area contributed by atoms with Crippen molar-refractivity contribution in [1.29, 1.82) is 0 Å². The molecule has 3 aromatic rings. The molecule has 40 heavy (non-hydrogen) atoms. The predicted octanol–water partition coefficient (Wildman–Crippen LogP) is 3.04. The molecule has 2 aliphatic heterocycles. The monoisotopic (exact) mass is 539 g/mol. The quantitative estimate of drug-likeness (QED) is 0.403. The van der Waals surface area contributed by atoms with Gasteiger partial charge in [-0.15, -0.1) is 0 Å². The Morgan fingerprint density at radius 2 is 1.50 bits per heavy atom. The van der Waals surface area contributed by atoms with Crippen molar-refractivity contribution >= 4 is 35.3 Å². The average Bonchev–Trinajstić information content (AvgIpc) is 3.47. The van der Waals surface area contributed by atoms with Gasteiger partial charge in [0.15, 0.2) is 0 Å². The molecule has 2 heterocycles. The lowest BCUT2D eigenvalue weighted by Gasteiger charge is -2.26. The molecule has 3 aromatic carbocycles. The van der Waals surface area contributed by atoms with E-state index < -0.39 is 29.9 Å². The molecule has 4 amide bonds. The first kappa shape index (κ1) is 26.8. The van der Waals surface area contributed by atoms with E-state index in [9.17, 15) is 29.1 Å². The number of carboxylic acids is 1. The fourth-order valence-electron chi connectivity index (χ4n) is 5.32. The van der Waals surface area contributed by atoms with E-state index in [1.807, 2.05) is 60.7 Å². The summed E-state index contributed by atoms with van der Waals surface area (Å²) in [6.45, 7) is 0.274. The smallest absolute Gasteiger partial charge is 0.326 e. The topological polar surface area (TPSA) is 124 Å². The zero-order valence-corrected chi connectivity index (χ0v) is 21.7. The lowest BCUT2D eigenvalue weighted by molar-refractivity contribution is -0.143. The number of aliphatic carboxylic acids is 1. The summed E-state index contributed by atoms with van der Waals surface area (Å²) >= 11 is 0. The molecular formula is C31H29N3O6. The molecule has 0 saturated carbocycles. The van der Waals surface area contributed by atoms with Crippen molar-refractivity contribution in [1.82, 2.24) is 10.2 Å². The Balaban J connectivity index is 1.24. The molecule has 3 atom stereocenters. The van der Waals surface area contributed by atoms with E-state index in [0.717, 1.165) is 16.0 Å². The van der Waals surface area contributed by atoms with Gasteiger partial charge in [-0.2, -0.15) is 0 Å². The van der Waals surface area contributed by atoms with E-state index in [2.05, 4.69) is 5.32 Å². The molecule has 0 bridgehead atoms. The first-order valence-electron chi connectivity index (χ1n) is 13.2. The Hall–Kier alpha value is -4.79. The van der Waals surface area contributed by atoms with Gasteiger partial charge in [0, 0.05) is 25.8 Å². The largest absolute Gasteiger partial charge is 0.480 e. The highest BCUT2D eigenvalue weighted by Gasteiger charge is 2.40. The maximum atomic E-state index is 13.1. The summed E-state index contributed by atoms with van der Waals surface area (Å²) in [7, 11) is 0. The van der Waals surface area contributed by atoms with Gasteiger partial charge in [-0.3, -0.25) is 24.1 Å². The van der Waals surface area contributed by atoms with Crippen molar-refractivity contribution in [3.63, 3.8) is 0 Å². The summed E-state index contributed by atoms with van der Waals surface area (Å²) in [5.74, 6) is -2.99. The summed E-state index contributed by atoms with van der Waals surface area (Å²) in [5.41, 5.74) is 2.69. The molecule has 204 valence electrons. The molecule has 1 unspecified atom stereocenters. The summed E-state index contributed by atoms with van der Waals surface area (Å²) in [6, 6.07) is 23.0. The predicted molar refractivity (Wildman–Crippen MR) is 146 cm³/mol. The highest BCUT2D eigenvalue weighted by molar-refractivity contribution is 6.22. The van der Waals surface area contributed by atoms with Crippen LogP contribution in [0.4, 0.5) is 5.69 Å². The van der Waals surface area contributed by atoms with E-state index in [-0.39, 0.29) is 43.5 Å². The van der Waals surface area contributed by atoms with Crippen LogP contribution in [-0.2, 0) is 36.9 Å². The number of benzene rings is 3. The third-order valence-corrected chi connectivity index (χ3v) is 7.42. The highest BCUT2D eigenvalue weighted by Crippen LogP contribution is 2.33. The van der Waals surface area contributed by atoms with Crippen LogP contribution in [0, 0.1) is 0 Å². The van der Waals surface area contributed by atoms with Gasteiger partial charge < -0.3 is 15.3 Å². The number of nitrogens with one attached hydrogen (secondary N) is 1. The van der Waals surface area contributed by atoms with Gasteiger partial charge in [-0.1, -0.05) is 72.8 Å². The van der Waals surface area contributed by atoms with Gasteiger partial charge in [-0.05, 0) is 35.2 Å². The van der Waals surface area contributed by atoms with Crippen LogP contribution in [0.1, 0.15) is 41.9 Å². The standard InChI is InChI=1S/C31H29N3O6/c35-27-16-15-26(33(27)19-21-7-3-1-4-8-21)29(37)32-25(31(39)40)17-20-11-13-23(14-12-20)34-28(36)18-24(30(34)38)22-9-5-2-6-10-22/h1-14,24-26H,15-19H2,(H,32,37)(H,39,40)/t24?,25-,26-/m0/s1. The third-order valence-electron chi connectivity index (χ3n) is 7.42. The normalized spacial score (nSPS) is 19.6. The Morgan fingerprint density at radius 3 is 2.15 bits per heavy atom. The second kappa shape index (κ2) is 11.5. The number of rotatable bonds is 9. The van der Waals surface area contributed by atoms with Crippen molar-refractivity contribution in [2.45, 2.75) is 50.2 Å². The minimum Gasteiger partial charge on any atom is -0.480 e. The minimum absolute atomic E-state index is 0.00472. The van der Waals surface area contributed by atoms with Crippen LogP contribution in [-0.4, -0.2) is 51.7 Å². The van der Waals surface area contributed by atoms with Gasteiger partial charge in [-0.25, -0.2) is 4.79 Å². The molecule has 0 radical (unpaired) electrons. The molecule has 2 N–H and O–H groups in total. The molecule has 0 spiro atoms. The number of hydrogen-bond donors (Lipinski definition) is 2. The second-order valence-corrected chi connectivity index (χ2v) is 10.1. The highest BCUT2D eigenvalue weighted by atomic mass is 16.4. The Labute approximate surface area is 231 Å². The van der Waals surface area contributed by atoms with Crippen molar-refractivity contribution in [3.05, 3.63) is 102 Å². The van der Waals surface area contributed by atoms with Crippen LogP contribution in [0.3, 0.4) is 0 Å². The van der Waals surface area contributed by atoms with Crippen molar-refractivity contribution in [2.24, 2.45) is 0 Å². The van der Waals surface area contributed by atoms with Gasteiger partial charge in [0.05, 0.1) is 11.6 Å². The Kier molecular flexibility index (Phi) is 7.72. The van der Waals surface area contributed by atoms with Crippen molar-refractivity contribution in [3.8, 4) is 0 Å². The minimum atomic E-state index is -1.22. The number of carboxylic acid groups (broad SMARTS) is 1. The zero-order chi connectivity index (χ0) is 28.2. The fraction of sp³-hybridized carbons (Fsp3) is 0.258. The molecule has 0 aliphatic carbocycles. The summed E-state index contributed by atoms with van der Waals surface area (Å²) in [5, 5.41) is 12.4. The SMILES string of the molecule is O=C(O)[C@H](Cc1ccc(N2C(=O)CC(c3ccccc3)C2=O)cc1)NC(=O)[C@@H]1CCC(=O)N1Cc1ccccc1. The summed E-state index contributed by atoms with van der Waals surface area (Å²) in [6.07, 6.45) is 0.626. The number of likely N-dealkylation sites (tertiary alicyclic amines) is 1. The van der Waals surface area contributed by atoms with Crippen molar-refractivity contribution in [2.75, 3.05) is 4.90 Å². The lowest BCUT2D eigenvalue weighted by atomic mass is 9.98. The van der Waals surface area contributed by atoms with Gasteiger partial charge in [0.25, 0.3) is 0 Å². The average molecular weight is 540 g/mol. The maximum Gasteiger partial charge on any atom is 0.326 e. The number of nitrogens with zero attached hydrogens (tertiary/aromatic N) is 2. The van der Waals surface area contributed by atoms with E-state index in [4.69, 9.17) is 0 Å². The Morgan fingerprint density at radius 1 is 0.850 bits per heavy atom. The first-order chi connectivity index (χ1) is 19.3. The molecule has 2 aliphatic rings. The Bertz CT molecular complexity index is 1420. The molecular weight excluding hydrogens is 510 g/mol. The van der Waals surface area contributed by atoms with Gasteiger partial charge >= 0.3 is 5.97 Å². The molecule has 9 nitrogen and oxygen atoms in total. The number of amides is 4. The van der Waals surface area contributed by atoms with Crippen LogP contribution >= 0.6 is 0 Å². The number of carbonyl (C=O) groups excluding carboxylic acids is 4. The number of imide groups is 1. The third kappa shape index (κ3) is 5.63. The fourth-order valence-corrected chi connectivity index (χ4v) is 5.32. The van der Waals surface area contributed by atoms with Gasteiger partial charge in [0.1, 0.15) is 12.1 Å². The second-order valence-electron chi connectivity index (χ2n) is 10.1.